The molecule has 136 valence electrons. The molecule has 1 N–H and O–H groups in total. The monoisotopic (exact) mass is 379 g/mol. The van der Waals surface area contributed by atoms with Gasteiger partial charge in [-0.15, -0.1) is 0 Å². The molecule has 0 fully saturated rings. The standard InChI is InChI=1S/C17H15F2N3O3S/c1-26(24,25)22(16-5-3-2-4-12(16)11-20)9-8-17(23)21-15-7-6-13(18)10-14(15)19/h2-7,10H,8-9H2,1H3,(H,21,23). The number of rotatable bonds is 6. The zero-order valence-corrected chi connectivity index (χ0v) is 14.6. The molecule has 26 heavy (non-hydrogen) atoms. The van der Waals surface area contributed by atoms with Crippen molar-refractivity contribution in [2.24, 2.45) is 0 Å². The van der Waals surface area contributed by atoms with Crippen molar-refractivity contribution in [2.75, 3.05) is 22.4 Å². The van der Waals surface area contributed by atoms with Gasteiger partial charge in [0.2, 0.25) is 15.9 Å². The van der Waals surface area contributed by atoms with E-state index < -0.39 is 27.6 Å². The number of amides is 1. The number of nitriles is 1. The third-order valence-electron chi connectivity index (χ3n) is 3.44. The molecule has 0 aliphatic carbocycles. The molecule has 0 heterocycles. The lowest BCUT2D eigenvalue weighted by Crippen LogP contribution is -2.33. The molecule has 2 aromatic rings. The quantitative estimate of drug-likeness (QED) is 0.835. The number of benzene rings is 2. The minimum absolute atomic E-state index is 0.142. The van der Waals surface area contributed by atoms with Gasteiger partial charge in [0, 0.05) is 19.0 Å². The van der Waals surface area contributed by atoms with Gasteiger partial charge in [0.1, 0.15) is 17.7 Å². The second-order valence-electron chi connectivity index (χ2n) is 5.39. The normalized spacial score (nSPS) is 10.8. The molecule has 0 unspecified atom stereocenters. The Bertz CT molecular complexity index is 971. The van der Waals surface area contributed by atoms with Gasteiger partial charge in [-0.25, -0.2) is 17.2 Å². The molecule has 1 amide bonds. The lowest BCUT2D eigenvalue weighted by Gasteiger charge is -2.23. The molecule has 0 saturated carbocycles. The fourth-order valence-corrected chi connectivity index (χ4v) is 3.20. The lowest BCUT2D eigenvalue weighted by atomic mass is 10.2. The zero-order chi connectivity index (χ0) is 19.3. The molecule has 0 aliphatic rings. The van der Waals surface area contributed by atoms with E-state index in [1.165, 1.54) is 12.1 Å². The SMILES string of the molecule is CS(=O)(=O)N(CCC(=O)Nc1ccc(F)cc1F)c1ccccc1C#N. The number of halogens is 2. The summed E-state index contributed by atoms with van der Waals surface area (Å²) in [7, 11) is -3.75. The maximum Gasteiger partial charge on any atom is 0.232 e. The van der Waals surface area contributed by atoms with E-state index in [0.717, 1.165) is 22.7 Å². The van der Waals surface area contributed by atoms with Crippen LogP contribution in [0.4, 0.5) is 20.2 Å². The first-order chi connectivity index (χ1) is 12.2. The van der Waals surface area contributed by atoms with Gasteiger partial charge in [-0.3, -0.25) is 9.10 Å². The van der Waals surface area contributed by atoms with Gasteiger partial charge in [-0.05, 0) is 24.3 Å². The predicted molar refractivity (Wildman–Crippen MR) is 93.0 cm³/mol. The highest BCUT2D eigenvalue weighted by Gasteiger charge is 2.21. The molecule has 2 rings (SSSR count). The van der Waals surface area contributed by atoms with Gasteiger partial charge in [0.15, 0.2) is 0 Å². The van der Waals surface area contributed by atoms with E-state index in [2.05, 4.69) is 5.32 Å². The Kier molecular flexibility index (Phi) is 5.90. The average Bonchev–Trinajstić information content (AvgIpc) is 2.57. The van der Waals surface area contributed by atoms with E-state index >= 15 is 0 Å². The Morgan fingerprint density at radius 3 is 2.54 bits per heavy atom. The highest BCUT2D eigenvalue weighted by Crippen LogP contribution is 2.23. The molecule has 0 radical (unpaired) electrons. The van der Waals surface area contributed by atoms with Crippen LogP contribution >= 0.6 is 0 Å². The first kappa shape index (κ1) is 19.3. The van der Waals surface area contributed by atoms with Crippen LogP contribution in [0.15, 0.2) is 42.5 Å². The smallest absolute Gasteiger partial charge is 0.232 e. The van der Waals surface area contributed by atoms with Crippen LogP contribution in [-0.2, 0) is 14.8 Å². The predicted octanol–water partition coefficient (Wildman–Crippen LogP) is 2.63. The van der Waals surface area contributed by atoms with E-state index in [-0.39, 0.29) is 29.9 Å². The minimum Gasteiger partial charge on any atom is -0.324 e. The van der Waals surface area contributed by atoms with Crippen molar-refractivity contribution in [3.05, 3.63) is 59.7 Å². The number of nitrogens with zero attached hydrogens (tertiary/aromatic N) is 2. The van der Waals surface area contributed by atoms with Gasteiger partial charge >= 0.3 is 0 Å². The van der Waals surface area contributed by atoms with Crippen LogP contribution in [0, 0.1) is 23.0 Å². The molecular weight excluding hydrogens is 364 g/mol. The van der Waals surface area contributed by atoms with E-state index in [9.17, 15) is 22.0 Å². The molecule has 0 saturated heterocycles. The number of sulfonamides is 1. The second kappa shape index (κ2) is 7.93. The van der Waals surface area contributed by atoms with Gasteiger partial charge < -0.3 is 5.32 Å². The Labute approximate surface area is 149 Å². The van der Waals surface area contributed by atoms with Crippen molar-refractivity contribution in [1.82, 2.24) is 0 Å². The summed E-state index contributed by atoms with van der Waals surface area (Å²) in [5.74, 6) is -2.37. The number of para-hydroxylation sites is 1. The van der Waals surface area contributed by atoms with E-state index in [0.29, 0.717) is 6.07 Å². The first-order valence-corrected chi connectivity index (χ1v) is 9.29. The van der Waals surface area contributed by atoms with Crippen LogP contribution in [0.3, 0.4) is 0 Å². The molecule has 6 nitrogen and oxygen atoms in total. The van der Waals surface area contributed by atoms with Crippen molar-refractivity contribution in [2.45, 2.75) is 6.42 Å². The summed E-state index contributed by atoms with van der Waals surface area (Å²) in [5, 5.41) is 11.4. The minimum atomic E-state index is -3.75. The van der Waals surface area contributed by atoms with Crippen LogP contribution in [0.5, 0.6) is 0 Å². The Hall–Kier alpha value is -2.99. The third-order valence-corrected chi connectivity index (χ3v) is 4.62. The maximum atomic E-state index is 13.6. The topological polar surface area (TPSA) is 90.3 Å². The number of carbonyl (C=O) groups excluding carboxylic acids is 1. The highest BCUT2D eigenvalue weighted by atomic mass is 32.2. The summed E-state index contributed by atoms with van der Waals surface area (Å²) in [6, 6.07) is 10.7. The number of carbonyl (C=O) groups is 1. The van der Waals surface area contributed by atoms with Crippen LogP contribution in [0.25, 0.3) is 0 Å². The summed E-state index contributed by atoms with van der Waals surface area (Å²) in [4.78, 5) is 12.0. The van der Waals surface area contributed by atoms with Gasteiger partial charge in [-0.2, -0.15) is 5.26 Å². The van der Waals surface area contributed by atoms with Crippen molar-refractivity contribution < 1.29 is 22.0 Å². The van der Waals surface area contributed by atoms with Crippen molar-refractivity contribution >= 4 is 27.3 Å². The Balaban J connectivity index is 2.15. The Morgan fingerprint density at radius 1 is 1.23 bits per heavy atom. The van der Waals surface area contributed by atoms with E-state index in [1.54, 1.807) is 12.1 Å². The van der Waals surface area contributed by atoms with Crippen LogP contribution in [-0.4, -0.2) is 27.1 Å². The van der Waals surface area contributed by atoms with E-state index in [1.807, 2.05) is 6.07 Å². The fraction of sp³-hybridized carbons (Fsp3) is 0.176. The fourth-order valence-electron chi connectivity index (χ4n) is 2.26. The summed E-state index contributed by atoms with van der Waals surface area (Å²) in [5.41, 5.74) is 0.0842. The third kappa shape index (κ3) is 4.77. The zero-order valence-electron chi connectivity index (χ0n) is 13.7. The van der Waals surface area contributed by atoms with Crippen molar-refractivity contribution in [1.29, 1.82) is 5.26 Å². The Morgan fingerprint density at radius 2 is 1.92 bits per heavy atom. The van der Waals surface area contributed by atoms with Crippen LogP contribution < -0.4 is 9.62 Å². The largest absolute Gasteiger partial charge is 0.324 e. The van der Waals surface area contributed by atoms with Crippen LogP contribution in [0.1, 0.15) is 12.0 Å². The molecule has 0 aromatic heterocycles. The van der Waals surface area contributed by atoms with Crippen LogP contribution in [0.2, 0.25) is 0 Å². The summed E-state index contributed by atoms with van der Waals surface area (Å²) < 4.78 is 51.5. The molecule has 2 aromatic carbocycles. The molecular formula is C17H15F2N3O3S. The summed E-state index contributed by atoms with van der Waals surface area (Å²) in [6.07, 6.45) is 0.669. The van der Waals surface area contributed by atoms with Gasteiger partial charge in [0.05, 0.1) is 23.2 Å². The molecule has 9 heteroatoms. The van der Waals surface area contributed by atoms with Gasteiger partial charge in [-0.1, -0.05) is 12.1 Å². The van der Waals surface area contributed by atoms with Gasteiger partial charge in [0.25, 0.3) is 0 Å². The number of hydrogen-bond donors (Lipinski definition) is 1. The maximum absolute atomic E-state index is 13.6. The second-order valence-corrected chi connectivity index (χ2v) is 7.29. The lowest BCUT2D eigenvalue weighted by molar-refractivity contribution is -0.116. The average molecular weight is 379 g/mol. The van der Waals surface area contributed by atoms with Crippen molar-refractivity contribution in [3.63, 3.8) is 0 Å². The summed E-state index contributed by atoms with van der Waals surface area (Å²) in [6.45, 7) is -0.244. The van der Waals surface area contributed by atoms with E-state index in [4.69, 9.17) is 5.26 Å². The highest BCUT2D eigenvalue weighted by molar-refractivity contribution is 7.92. The number of nitrogens with one attached hydrogen (secondary N) is 1. The number of anilines is 2. The summed E-state index contributed by atoms with van der Waals surface area (Å²) >= 11 is 0. The number of hydrogen-bond acceptors (Lipinski definition) is 4. The van der Waals surface area contributed by atoms with Crippen molar-refractivity contribution in [3.8, 4) is 6.07 Å². The molecule has 0 bridgehead atoms. The molecule has 0 atom stereocenters. The first-order valence-electron chi connectivity index (χ1n) is 7.44. The molecule has 0 spiro atoms. The molecule has 0 aliphatic heterocycles.